The zero-order chi connectivity index (χ0) is 99.5. The molecule has 138 heavy (non-hydrogen) atoms. The van der Waals surface area contributed by atoms with E-state index in [0.717, 1.165) is 166 Å². The summed E-state index contributed by atoms with van der Waals surface area (Å²) in [6.07, 6.45) is 29.9. The van der Waals surface area contributed by atoms with Gasteiger partial charge in [0, 0.05) is 110 Å². The predicted octanol–water partition coefficient (Wildman–Crippen LogP) is 18.8. The number of aryl methyl sites for hydroxylation is 4. The number of halogens is 3. The summed E-state index contributed by atoms with van der Waals surface area (Å²) in [5, 5.41) is 27.0. The molecule has 2 N–H and O–H groups in total. The van der Waals surface area contributed by atoms with Gasteiger partial charge in [-0.15, -0.1) is 0 Å². The molecule has 14 aromatic rings. The van der Waals surface area contributed by atoms with Crippen LogP contribution in [0.3, 0.4) is 0 Å². The number of pyridine rings is 7. The minimum absolute atomic E-state index is 0.101. The van der Waals surface area contributed by atoms with Gasteiger partial charge in [-0.3, -0.25) is 48.4 Å². The standard InChI is InChI=1S/C25H24N4O2S.C18H22BNO4S.C13H15N3.C12H10BrNO2S.C11H14O3S.C10H10N2.C7H9BO4S.C5H3Br2N/c1-17-5-3-8-23(27-17)25-22(16-29(28-25)20-6-4-7-20)19-13-14-26-24(15-19)18-9-11-21(12-10-18)32(2,30)31;1-17(2)18(3,4)24-19(23-17)14-10-11-20-16(12-14)13-6-8-15(9-7-13)25(5,21)22;1-10-4-2-7-12(14-10)13-8-9-16(15-13)11-5-3-6-11;1-17(15,16)11-4-2-9(3-5-11)12-8-10(13)6-7-14-12;1-9-5-7-11(8-6-9)15(12,13)14-10-3-2-4-10;1-8-4-2-5-10(12-8)9-6-3-7-11-9;1-13(11,12)7-4-2-6(3-5-7)8(9)10;6-4-1-2-8-5(7)3-4/h3,5,8-16,20H,4,6-7H2,1-2H3;6-12H,1-5H3;2,4,7-9,11H,3,5-6H2,1H3;2-8H,1H3;5-8,10H,2-4H2,1H3;2-6H,7H2,1H3;2-5,9-10H,1H3;1-3H. The van der Waals surface area contributed by atoms with E-state index in [1.165, 1.54) is 68.7 Å². The summed E-state index contributed by atoms with van der Waals surface area (Å²) in [4.78, 5) is 36.2. The summed E-state index contributed by atoms with van der Waals surface area (Å²) in [6, 6.07) is 68.8. The van der Waals surface area contributed by atoms with E-state index in [-0.39, 0.29) is 21.4 Å². The molecular weight excluding hydrogens is 2040 g/mol. The summed E-state index contributed by atoms with van der Waals surface area (Å²) in [6.45, 7) is 16.7. The molecule has 5 aliphatic rings. The number of rotatable bonds is 18. The predicted molar refractivity (Wildman–Crippen MR) is 553 cm³/mol. The summed E-state index contributed by atoms with van der Waals surface area (Å²) in [7, 11) is -18.3. The number of hydrogen-bond acceptors (Lipinski definition) is 25. The van der Waals surface area contributed by atoms with Crippen molar-refractivity contribution in [3.8, 4) is 67.7 Å². The van der Waals surface area contributed by atoms with Gasteiger partial charge in [-0.2, -0.15) is 18.6 Å². The molecule has 11 heterocycles. The van der Waals surface area contributed by atoms with Crippen molar-refractivity contribution in [3.63, 3.8) is 0 Å². The van der Waals surface area contributed by atoms with Gasteiger partial charge < -0.3 is 19.4 Å². The molecular formula is C101H107B2Br3N12O15S5. The van der Waals surface area contributed by atoms with E-state index in [0.29, 0.717) is 26.8 Å². The number of aromatic nitrogens is 11. The molecule has 4 fully saturated rings. The summed E-state index contributed by atoms with van der Waals surface area (Å²) < 4.78 is 139. The molecule has 0 atom stereocenters. The molecule has 0 bridgehead atoms. The highest BCUT2D eigenvalue weighted by Crippen LogP contribution is 2.40. The summed E-state index contributed by atoms with van der Waals surface area (Å²) in [5.74, 6) is 0. The molecule has 9 aromatic heterocycles. The van der Waals surface area contributed by atoms with Crippen LogP contribution < -0.4 is 10.9 Å². The molecule has 5 aromatic carbocycles. The first-order chi connectivity index (χ1) is 65.3. The largest absolute Gasteiger partial charge is 0.494 e. The maximum atomic E-state index is 11.8. The molecule has 0 unspecified atom stereocenters. The summed E-state index contributed by atoms with van der Waals surface area (Å²) >= 11 is 9.88. The number of sulfone groups is 4. The van der Waals surface area contributed by atoms with Crippen LogP contribution in [0.2, 0.25) is 0 Å². The van der Waals surface area contributed by atoms with Crippen LogP contribution >= 0.6 is 47.8 Å². The van der Waals surface area contributed by atoms with Crippen LogP contribution in [0.5, 0.6) is 0 Å². The van der Waals surface area contributed by atoms with Gasteiger partial charge in [0.2, 0.25) is 0 Å². The first kappa shape index (κ1) is 106. The topological polar surface area (TPSA) is 377 Å². The lowest BCUT2D eigenvalue weighted by molar-refractivity contribution is 0.00578. The number of benzene rings is 5. The lowest BCUT2D eigenvalue weighted by Gasteiger charge is -2.32. The van der Waals surface area contributed by atoms with Crippen LogP contribution in [0.15, 0.2) is 323 Å². The molecule has 3 saturated carbocycles. The molecule has 718 valence electrons. The molecule has 0 spiro atoms. The zero-order valence-corrected chi connectivity index (χ0v) is 87.1. The first-order valence-corrected chi connectivity index (χ1v) is 55.6. The highest BCUT2D eigenvalue weighted by Gasteiger charge is 2.52. The second-order valence-electron chi connectivity index (χ2n) is 34.5. The van der Waals surface area contributed by atoms with Gasteiger partial charge in [-0.1, -0.05) is 122 Å². The maximum Gasteiger partial charge on any atom is 0.494 e. The monoisotopic (exact) mass is 2150 g/mol. The van der Waals surface area contributed by atoms with E-state index in [1.54, 1.807) is 122 Å². The zero-order valence-electron chi connectivity index (χ0n) is 78.3. The second kappa shape index (κ2) is 46.9. The van der Waals surface area contributed by atoms with Gasteiger partial charge in [-0.05, 0) is 303 Å². The van der Waals surface area contributed by atoms with Crippen molar-refractivity contribution < 1.29 is 65.6 Å². The Morgan fingerprint density at radius 2 is 0.855 bits per heavy atom. The van der Waals surface area contributed by atoms with Crippen molar-refractivity contribution in [2.75, 3.05) is 31.6 Å². The fourth-order valence-corrected chi connectivity index (χ4v) is 18.9. The smallest absolute Gasteiger partial charge is 0.423 e. The van der Waals surface area contributed by atoms with Gasteiger partial charge in [-0.25, -0.2) is 38.7 Å². The average Bonchev–Trinajstić information content (AvgIpc) is 1.61. The van der Waals surface area contributed by atoms with Gasteiger partial charge in [0.1, 0.15) is 16.0 Å². The van der Waals surface area contributed by atoms with Crippen LogP contribution in [0, 0.1) is 27.7 Å². The van der Waals surface area contributed by atoms with Crippen molar-refractivity contribution in [1.29, 1.82) is 0 Å². The van der Waals surface area contributed by atoms with E-state index in [2.05, 4.69) is 116 Å². The van der Waals surface area contributed by atoms with Crippen LogP contribution in [-0.4, -0.2) is 175 Å². The van der Waals surface area contributed by atoms with Gasteiger partial charge in [0.15, 0.2) is 39.3 Å². The fourth-order valence-electron chi connectivity index (χ4n) is 13.9. The molecule has 0 radical (unpaired) electrons. The molecule has 1 saturated heterocycles. The highest BCUT2D eigenvalue weighted by atomic mass is 79.9. The molecule has 27 nitrogen and oxygen atoms in total. The van der Waals surface area contributed by atoms with E-state index < -0.39 is 74.9 Å². The maximum absolute atomic E-state index is 11.8. The molecule has 2 aliphatic heterocycles. The Balaban J connectivity index is 0.000000146. The summed E-state index contributed by atoms with van der Waals surface area (Å²) in [5.41, 5.74) is 17.0. The highest BCUT2D eigenvalue weighted by molar-refractivity contribution is 9.11. The van der Waals surface area contributed by atoms with Crippen LogP contribution in [0.4, 0.5) is 0 Å². The first-order valence-electron chi connectivity index (χ1n) is 44.2. The van der Waals surface area contributed by atoms with E-state index in [1.807, 2.05) is 171 Å². The van der Waals surface area contributed by atoms with Gasteiger partial charge in [0.05, 0.1) is 100 Å². The number of allylic oxidation sites excluding steroid dienone is 1. The Bertz CT molecular complexity index is 7210. The fraction of sp³-hybridized carbons (Fsp3) is 0.267. The Labute approximate surface area is 834 Å². The minimum Gasteiger partial charge on any atom is -0.423 e. The van der Waals surface area contributed by atoms with Crippen molar-refractivity contribution in [3.05, 3.63) is 322 Å². The third kappa shape index (κ3) is 30.1. The lowest BCUT2D eigenvalue weighted by atomic mass is 9.79. The minimum atomic E-state index is -3.54. The van der Waals surface area contributed by atoms with E-state index in [9.17, 15) is 42.1 Å². The Morgan fingerprint density at radius 3 is 1.29 bits per heavy atom. The van der Waals surface area contributed by atoms with Crippen LogP contribution in [0.25, 0.3) is 67.7 Å². The number of hydrogen-bond donors (Lipinski definition) is 2. The number of nitrogens with zero attached hydrogens (tertiary/aromatic N) is 12. The third-order valence-corrected chi connectivity index (χ3v) is 30.4. The number of aliphatic imine (C=N–C) groups is 1. The van der Waals surface area contributed by atoms with Crippen LogP contribution in [0.1, 0.15) is 126 Å². The Hall–Kier alpha value is -10.9. The SMILES string of the molecule is Brc1ccnc(Br)c1.CC1(C)OB(c2ccnc(-c3ccc(S(C)(=O)=O)cc3)c2)OC1(C)C.CS(=O)(=O)c1ccc(-c2cc(Br)ccn2)cc1.CS(=O)(=O)c1ccc(B(O)O)cc1.Cc1ccc(S(=O)(=O)OC2CCC2)cc1.Cc1cccc(-c2ccn(C3CCC3)n2)n1.Cc1cccc(-c2nn(C3CCC3)cc2-c2ccnc(-c3ccc(S(C)(=O)=O)cc3)c2)n1.Cc1cccc(C2=NCC=C2)n1. The quantitative estimate of drug-likeness (QED) is 0.0458. The van der Waals surface area contributed by atoms with Gasteiger partial charge >= 0.3 is 14.2 Å². The molecule has 19 rings (SSSR count). The van der Waals surface area contributed by atoms with E-state index in [4.69, 9.17) is 33.6 Å². The third-order valence-electron chi connectivity index (χ3n) is 23.1. The molecule has 37 heteroatoms. The van der Waals surface area contributed by atoms with E-state index >= 15 is 0 Å². The Morgan fingerprint density at radius 1 is 0.428 bits per heavy atom. The van der Waals surface area contributed by atoms with Crippen LogP contribution in [-0.2, 0) is 63.0 Å². The Kier molecular flexibility index (Phi) is 36.0. The second-order valence-corrected chi connectivity index (χ2v) is 46.8. The van der Waals surface area contributed by atoms with Crippen molar-refractivity contribution in [2.45, 2.75) is 167 Å². The van der Waals surface area contributed by atoms with Crippen molar-refractivity contribution in [1.82, 2.24) is 54.4 Å². The average molecular weight is 2150 g/mol. The lowest BCUT2D eigenvalue weighted by Crippen LogP contribution is -2.41. The molecule has 3 aliphatic carbocycles. The van der Waals surface area contributed by atoms with Crippen molar-refractivity contribution in [2.24, 2.45) is 4.99 Å². The van der Waals surface area contributed by atoms with Gasteiger partial charge in [0.25, 0.3) is 10.1 Å². The normalized spacial score (nSPS) is 14.8. The van der Waals surface area contributed by atoms with Crippen molar-refractivity contribution >= 4 is 128 Å². The molecule has 0 amide bonds.